The molecule has 80 valence electrons. The number of hydrogen-bond acceptors (Lipinski definition) is 2. The Labute approximate surface area is 101 Å². The molecule has 0 saturated heterocycles. The maximum absolute atomic E-state index is 11.0. The molecule has 15 heavy (non-hydrogen) atoms. The molecule has 0 unspecified atom stereocenters. The molecule has 2 rings (SSSR count). The highest BCUT2D eigenvalue weighted by molar-refractivity contribution is 9.10. The molecule has 1 aromatic carbocycles. The van der Waals surface area contributed by atoms with Gasteiger partial charge in [0.15, 0.2) is 0 Å². The number of carbonyl (C=O) groups is 1. The molecule has 1 aliphatic rings. The van der Waals surface area contributed by atoms with Gasteiger partial charge in [0.05, 0.1) is 5.41 Å². The van der Waals surface area contributed by atoms with Crippen LogP contribution in [0.1, 0.15) is 12.8 Å². The van der Waals surface area contributed by atoms with Crippen LogP contribution in [0.5, 0.6) is 0 Å². The van der Waals surface area contributed by atoms with Crippen LogP contribution in [0, 0.1) is 5.41 Å². The molecule has 0 bridgehead atoms. The lowest BCUT2D eigenvalue weighted by Gasteiger charge is -2.09. The summed E-state index contributed by atoms with van der Waals surface area (Å²) in [5, 5.41) is 9.03. The van der Waals surface area contributed by atoms with E-state index < -0.39 is 11.4 Å². The van der Waals surface area contributed by atoms with Crippen molar-refractivity contribution in [2.24, 2.45) is 5.41 Å². The van der Waals surface area contributed by atoms with Gasteiger partial charge in [-0.3, -0.25) is 4.79 Å². The van der Waals surface area contributed by atoms with E-state index in [1.807, 2.05) is 24.3 Å². The molecular weight excluding hydrogens is 276 g/mol. The molecule has 0 atom stereocenters. The minimum atomic E-state index is -0.651. The van der Waals surface area contributed by atoms with E-state index in [9.17, 15) is 4.79 Å². The van der Waals surface area contributed by atoms with E-state index in [1.165, 1.54) is 0 Å². The van der Waals surface area contributed by atoms with Crippen LogP contribution < -0.4 is 0 Å². The summed E-state index contributed by atoms with van der Waals surface area (Å²) in [4.78, 5) is 12.1. The molecule has 1 aromatic rings. The number of thioether (sulfide) groups is 1. The molecule has 0 radical (unpaired) electrons. The van der Waals surface area contributed by atoms with Crippen LogP contribution in [0.4, 0.5) is 0 Å². The first-order valence-electron chi connectivity index (χ1n) is 4.75. The summed E-state index contributed by atoms with van der Waals surface area (Å²) in [6.07, 6.45) is 1.64. The Morgan fingerprint density at radius 1 is 1.47 bits per heavy atom. The molecule has 1 saturated carbocycles. The second-order valence-electron chi connectivity index (χ2n) is 3.80. The molecule has 0 spiro atoms. The number of aliphatic carboxylic acids is 1. The second-order valence-corrected chi connectivity index (χ2v) is 5.68. The molecule has 1 fully saturated rings. The molecule has 0 amide bonds. The van der Waals surface area contributed by atoms with E-state index in [4.69, 9.17) is 5.11 Å². The topological polar surface area (TPSA) is 37.3 Å². The summed E-state index contributed by atoms with van der Waals surface area (Å²) in [5.74, 6) is 0.0207. The Bertz CT molecular complexity index is 388. The largest absolute Gasteiger partial charge is 0.481 e. The number of carboxylic acids is 1. The Morgan fingerprint density at radius 2 is 2.13 bits per heavy atom. The Hall–Kier alpha value is -0.480. The van der Waals surface area contributed by atoms with E-state index >= 15 is 0 Å². The zero-order valence-electron chi connectivity index (χ0n) is 8.07. The van der Waals surface area contributed by atoms with Gasteiger partial charge in [0.25, 0.3) is 0 Å². The van der Waals surface area contributed by atoms with Gasteiger partial charge in [-0.15, -0.1) is 11.8 Å². The summed E-state index contributed by atoms with van der Waals surface area (Å²) >= 11 is 5.07. The number of rotatable bonds is 4. The van der Waals surface area contributed by atoms with E-state index in [-0.39, 0.29) is 0 Å². The molecule has 0 heterocycles. The van der Waals surface area contributed by atoms with E-state index in [2.05, 4.69) is 15.9 Å². The summed E-state index contributed by atoms with van der Waals surface area (Å²) in [5.41, 5.74) is -0.444. The lowest BCUT2D eigenvalue weighted by atomic mass is 10.1. The van der Waals surface area contributed by atoms with Crippen molar-refractivity contribution in [3.8, 4) is 0 Å². The first-order chi connectivity index (χ1) is 7.14. The van der Waals surface area contributed by atoms with E-state index in [0.29, 0.717) is 5.75 Å². The van der Waals surface area contributed by atoms with E-state index in [1.54, 1.807) is 11.8 Å². The molecular formula is C11H11BrO2S. The molecule has 4 heteroatoms. The van der Waals surface area contributed by atoms with Crippen molar-refractivity contribution in [1.29, 1.82) is 0 Å². The lowest BCUT2D eigenvalue weighted by Crippen LogP contribution is -2.17. The van der Waals surface area contributed by atoms with Crippen molar-refractivity contribution < 1.29 is 9.90 Å². The third kappa shape index (κ3) is 2.37. The highest BCUT2D eigenvalue weighted by atomic mass is 79.9. The summed E-state index contributed by atoms with van der Waals surface area (Å²) in [7, 11) is 0. The predicted octanol–water partition coefficient (Wildman–Crippen LogP) is 3.41. The predicted molar refractivity (Wildman–Crippen MR) is 64.2 cm³/mol. The molecule has 1 N–H and O–H groups in total. The third-order valence-electron chi connectivity index (χ3n) is 2.65. The summed E-state index contributed by atoms with van der Waals surface area (Å²) in [6, 6.07) is 7.90. The SMILES string of the molecule is O=C(O)C1(CSc2ccccc2Br)CC1. The van der Waals surface area contributed by atoms with Gasteiger partial charge < -0.3 is 5.11 Å². The van der Waals surface area contributed by atoms with Gasteiger partial charge in [0.1, 0.15) is 0 Å². The number of benzene rings is 1. The van der Waals surface area contributed by atoms with Gasteiger partial charge in [-0.05, 0) is 40.9 Å². The van der Waals surface area contributed by atoms with Crippen molar-refractivity contribution in [3.63, 3.8) is 0 Å². The Balaban J connectivity index is 2.00. The molecule has 0 aromatic heterocycles. The smallest absolute Gasteiger partial charge is 0.310 e. The van der Waals surface area contributed by atoms with Crippen molar-refractivity contribution >= 4 is 33.7 Å². The number of hydrogen-bond donors (Lipinski definition) is 1. The Morgan fingerprint density at radius 3 is 2.67 bits per heavy atom. The average molecular weight is 287 g/mol. The normalized spacial score (nSPS) is 17.4. The maximum Gasteiger partial charge on any atom is 0.310 e. The molecule has 2 nitrogen and oxygen atoms in total. The van der Waals surface area contributed by atoms with Crippen LogP contribution in [0.3, 0.4) is 0 Å². The van der Waals surface area contributed by atoms with Crippen molar-refractivity contribution in [2.75, 3.05) is 5.75 Å². The number of carboxylic acid groups (broad SMARTS) is 1. The maximum atomic E-state index is 11.0. The van der Waals surface area contributed by atoms with Crippen LogP contribution in [0.25, 0.3) is 0 Å². The summed E-state index contributed by atoms with van der Waals surface area (Å²) in [6.45, 7) is 0. The zero-order valence-corrected chi connectivity index (χ0v) is 10.5. The first-order valence-corrected chi connectivity index (χ1v) is 6.53. The van der Waals surface area contributed by atoms with Gasteiger partial charge in [0.2, 0.25) is 0 Å². The van der Waals surface area contributed by atoms with E-state index in [0.717, 1.165) is 22.2 Å². The quantitative estimate of drug-likeness (QED) is 0.862. The molecule has 1 aliphatic carbocycles. The fourth-order valence-electron chi connectivity index (χ4n) is 1.35. The van der Waals surface area contributed by atoms with Crippen molar-refractivity contribution in [1.82, 2.24) is 0 Å². The van der Waals surface area contributed by atoms with Crippen LogP contribution in [-0.2, 0) is 4.79 Å². The van der Waals surface area contributed by atoms with Crippen LogP contribution >= 0.6 is 27.7 Å². The first kappa shape index (κ1) is 11.0. The highest BCUT2D eigenvalue weighted by Crippen LogP contribution is 2.49. The minimum Gasteiger partial charge on any atom is -0.481 e. The van der Waals surface area contributed by atoms with Crippen molar-refractivity contribution in [2.45, 2.75) is 17.7 Å². The van der Waals surface area contributed by atoms with Crippen LogP contribution in [0.2, 0.25) is 0 Å². The zero-order chi connectivity index (χ0) is 10.9. The highest BCUT2D eigenvalue weighted by Gasteiger charge is 2.50. The fourth-order valence-corrected chi connectivity index (χ4v) is 3.20. The van der Waals surface area contributed by atoms with Gasteiger partial charge in [-0.1, -0.05) is 12.1 Å². The van der Waals surface area contributed by atoms with Gasteiger partial charge >= 0.3 is 5.97 Å². The van der Waals surface area contributed by atoms with Crippen molar-refractivity contribution in [3.05, 3.63) is 28.7 Å². The third-order valence-corrected chi connectivity index (χ3v) is 4.97. The van der Waals surface area contributed by atoms with Gasteiger partial charge in [-0.25, -0.2) is 0 Å². The van der Waals surface area contributed by atoms with Gasteiger partial charge in [-0.2, -0.15) is 0 Å². The summed E-state index contributed by atoms with van der Waals surface area (Å²) < 4.78 is 1.04. The minimum absolute atomic E-state index is 0.444. The average Bonchev–Trinajstić information content (AvgIpc) is 2.98. The standard InChI is InChI=1S/C11H11BrO2S/c12-8-3-1-2-4-9(8)15-7-11(5-6-11)10(13)14/h1-4H,5-7H2,(H,13,14). The monoisotopic (exact) mass is 286 g/mol. The fraction of sp³-hybridized carbons (Fsp3) is 0.364. The molecule has 0 aliphatic heterocycles. The number of halogens is 1. The van der Waals surface area contributed by atoms with Crippen LogP contribution in [-0.4, -0.2) is 16.8 Å². The van der Waals surface area contributed by atoms with Crippen LogP contribution in [0.15, 0.2) is 33.6 Å². The van der Waals surface area contributed by atoms with Gasteiger partial charge in [0, 0.05) is 15.1 Å². The second kappa shape index (κ2) is 4.18. The Kier molecular flexibility index (Phi) is 3.07. The lowest BCUT2D eigenvalue weighted by molar-refractivity contribution is -0.142.